The number of hydrogen-bond acceptors (Lipinski definition) is 7. The van der Waals surface area contributed by atoms with Crippen molar-refractivity contribution in [3.05, 3.63) is 53.6 Å². The van der Waals surface area contributed by atoms with E-state index in [0.717, 1.165) is 45.4 Å². The summed E-state index contributed by atoms with van der Waals surface area (Å²) in [6.07, 6.45) is 1.76. The molecule has 29 heavy (non-hydrogen) atoms. The second-order valence-corrected chi connectivity index (χ2v) is 8.43. The predicted octanol–water partition coefficient (Wildman–Crippen LogP) is 5.15. The normalized spacial score (nSPS) is 10.6. The second kappa shape index (κ2) is 10.3. The molecule has 2 N–H and O–H groups in total. The molecule has 0 unspecified atom stereocenters. The zero-order valence-corrected chi connectivity index (χ0v) is 18.3. The van der Waals surface area contributed by atoms with Gasteiger partial charge in [0.2, 0.25) is 11.0 Å². The summed E-state index contributed by atoms with van der Waals surface area (Å²) in [5.74, 6) is 1.02. The molecule has 0 saturated heterocycles. The van der Waals surface area contributed by atoms with Crippen molar-refractivity contribution in [2.45, 2.75) is 31.0 Å². The van der Waals surface area contributed by atoms with Crippen LogP contribution < -0.4 is 15.4 Å². The lowest BCUT2D eigenvalue weighted by molar-refractivity contribution is -0.113. The van der Waals surface area contributed by atoms with Gasteiger partial charge in [-0.3, -0.25) is 4.79 Å². The number of methoxy groups -OCH3 is 1. The zero-order chi connectivity index (χ0) is 20.6. The van der Waals surface area contributed by atoms with Crippen molar-refractivity contribution < 1.29 is 9.53 Å². The zero-order valence-electron chi connectivity index (χ0n) is 16.7. The Labute approximate surface area is 179 Å². The molecule has 8 heteroatoms. The number of hydrogen-bond donors (Lipinski definition) is 2. The summed E-state index contributed by atoms with van der Waals surface area (Å²) < 4.78 is 5.96. The molecule has 2 aromatic carbocycles. The van der Waals surface area contributed by atoms with Gasteiger partial charge in [-0.05, 0) is 36.1 Å². The largest absolute Gasteiger partial charge is 0.497 e. The van der Waals surface area contributed by atoms with Gasteiger partial charge in [0.15, 0.2) is 4.34 Å². The van der Waals surface area contributed by atoms with Crippen molar-refractivity contribution >= 4 is 45.5 Å². The number of anilines is 3. The summed E-state index contributed by atoms with van der Waals surface area (Å²) in [5.41, 5.74) is 4.13. The fourth-order valence-corrected chi connectivity index (χ4v) is 4.42. The topological polar surface area (TPSA) is 76.1 Å². The summed E-state index contributed by atoms with van der Waals surface area (Å²) in [6.45, 7) is 4.19. The first-order chi connectivity index (χ1) is 14.1. The molecule has 152 valence electrons. The molecule has 0 aliphatic carbocycles. The first-order valence-electron chi connectivity index (χ1n) is 9.41. The summed E-state index contributed by atoms with van der Waals surface area (Å²) in [5, 5.41) is 15.3. The van der Waals surface area contributed by atoms with E-state index in [1.807, 2.05) is 30.3 Å². The van der Waals surface area contributed by atoms with Crippen LogP contribution in [0.3, 0.4) is 0 Å². The molecule has 0 fully saturated rings. The Morgan fingerprint density at radius 3 is 2.52 bits per heavy atom. The Bertz CT molecular complexity index is 953. The van der Waals surface area contributed by atoms with E-state index < -0.39 is 0 Å². The van der Waals surface area contributed by atoms with E-state index in [4.69, 9.17) is 4.74 Å². The lowest BCUT2D eigenvalue weighted by atomic mass is 10.0. The molecule has 0 aliphatic heterocycles. The van der Waals surface area contributed by atoms with Gasteiger partial charge in [-0.25, -0.2) is 0 Å². The van der Waals surface area contributed by atoms with Crippen LogP contribution in [0.15, 0.2) is 46.8 Å². The van der Waals surface area contributed by atoms with Crippen LogP contribution in [-0.4, -0.2) is 29.0 Å². The van der Waals surface area contributed by atoms with Gasteiger partial charge in [0.1, 0.15) is 5.75 Å². The van der Waals surface area contributed by atoms with Crippen LogP contribution in [0.25, 0.3) is 0 Å². The fraction of sp³-hybridized carbons (Fsp3) is 0.286. The molecular weight excluding hydrogens is 404 g/mol. The predicted molar refractivity (Wildman–Crippen MR) is 121 cm³/mol. The van der Waals surface area contributed by atoms with Crippen LogP contribution in [0, 0.1) is 0 Å². The molecule has 3 aromatic rings. The number of ether oxygens (including phenoxy) is 1. The fourth-order valence-electron chi connectivity index (χ4n) is 2.85. The summed E-state index contributed by atoms with van der Waals surface area (Å²) in [6, 6.07) is 13.8. The molecule has 0 saturated carbocycles. The van der Waals surface area contributed by atoms with Gasteiger partial charge in [-0.1, -0.05) is 61.2 Å². The summed E-state index contributed by atoms with van der Waals surface area (Å²) >= 11 is 2.80. The van der Waals surface area contributed by atoms with Crippen molar-refractivity contribution in [2.75, 3.05) is 23.5 Å². The molecule has 1 amide bonds. The molecule has 0 spiro atoms. The molecule has 6 nitrogen and oxygen atoms in total. The number of para-hydroxylation sites is 1. The SMILES string of the molecule is CCc1cccc(CC)c1NC(=O)CSc1nnc(Nc2cccc(OC)c2)s1. The third-order valence-corrected chi connectivity index (χ3v) is 6.29. The molecule has 0 atom stereocenters. The number of rotatable bonds is 9. The molecule has 0 radical (unpaired) electrons. The number of nitrogens with zero attached hydrogens (tertiary/aromatic N) is 2. The van der Waals surface area contributed by atoms with Crippen LogP contribution in [-0.2, 0) is 17.6 Å². The van der Waals surface area contributed by atoms with E-state index in [-0.39, 0.29) is 11.7 Å². The second-order valence-electron chi connectivity index (χ2n) is 6.23. The molecule has 1 heterocycles. The van der Waals surface area contributed by atoms with Gasteiger partial charge in [0, 0.05) is 17.4 Å². The van der Waals surface area contributed by atoms with E-state index in [0.29, 0.717) is 5.13 Å². The van der Waals surface area contributed by atoms with E-state index in [9.17, 15) is 4.79 Å². The lowest BCUT2D eigenvalue weighted by Gasteiger charge is -2.14. The van der Waals surface area contributed by atoms with E-state index in [2.05, 4.69) is 46.8 Å². The van der Waals surface area contributed by atoms with Gasteiger partial charge in [0.05, 0.1) is 12.9 Å². The minimum absolute atomic E-state index is 0.0388. The van der Waals surface area contributed by atoms with Gasteiger partial charge < -0.3 is 15.4 Å². The first kappa shape index (κ1) is 21.1. The highest BCUT2D eigenvalue weighted by Crippen LogP contribution is 2.29. The van der Waals surface area contributed by atoms with Crippen molar-refractivity contribution in [3.8, 4) is 5.75 Å². The number of carbonyl (C=O) groups is 1. The maximum Gasteiger partial charge on any atom is 0.234 e. The standard InChI is InChI=1S/C21H24N4O2S2/c1-4-14-8-6-9-15(5-2)19(14)23-18(26)13-28-21-25-24-20(29-21)22-16-10-7-11-17(12-16)27-3/h6-12H,4-5,13H2,1-3H3,(H,22,24)(H,23,26). The Balaban J connectivity index is 1.58. The van der Waals surface area contributed by atoms with Crippen molar-refractivity contribution in [1.82, 2.24) is 10.2 Å². The number of aryl methyl sites for hydroxylation is 2. The maximum absolute atomic E-state index is 12.5. The van der Waals surface area contributed by atoms with Gasteiger partial charge in [-0.15, -0.1) is 10.2 Å². The quantitative estimate of drug-likeness (QED) is 0.459. The Morgan fingerprint density at radius 2 is 1.83 bits per heavy atom. The third kappa shape index (κ3) is 5.71. The van der Waals surface area contributed by atoms with Crippen LogP contribution in [0.4, 0.5) is 16.5 Å². The Hall–Kier alpha value is -2.58. The minimum Gasteiger partial charge on any atom is -0.497 e. The van der Waals surface area contributed by atoms with Crippen molar-refractivity contribution in [2.24, 2.45) is 0 Å². The summed E-state index contributed by atoms with van der Waals surface area (Å²) in [7, 11) is 1.63. The van der Waals surface area contributed by atoms with Crippen LogP contribution in [0.5, 0.6) is 5.75 Å². The van der Waals surface area contributed by atoms with E-state index >= 15 is 0 Å². The number of carbonyl (C=O) groups excluding carboxylic acids is 1. The third-order valence-electron chi connectivity index (χ3n) is 4.32. The highest BCUT2D eigenvalue weighted by atomic mass is 32.2. The number of nitrogens with one attached hydrogen (secondary N) is 2. The first-order valence-corrected chi connectivity index (χ1v) is 11.2. The number of amides is 1. The van der Waals surface area contributed by atoms with E-state index in [1.54, 1.807) is 7.11 Å². The average molecular weight is 429 g/mol. The minimum atomic E-state index is -0.0388. The monoisotopic (exact) mass is 428 g/mol. The number of thioether (sulfide) groups is 1. The highest BCUT2D eigenvalue weighted by molar-refractivity contribution is 8.01. The van der Waals surface area contributed by atoms with Gasteiger partial charge in [0.25, 0.3) is 0 Å². The molecule has 0 bridgehead atoms. The number of benzene rings is 2. The van der Waals surface area contributed by atoms with Crippen LogP contribution in [0.2, 0.25) is 0 Å². The average Bonchev–Trinajstić information content (AvgIpc) is 3.19. The molecule has 1 aromatic heterocycles. The van der Waals surface area contributed by atoms with Crippen molar-refractivity contribution in [1.29, 1.82) is 0 Å². The number of aromatic nitrogens is 2. The molecule has 3 rings (SSSR count). The highest BCUT2D eigenvalue weighted by Gasteiger charge is 2.12. The molecular formula is C21H24N4O2S2. The van der Waals surface area contributed by atoms with Crippen LogP contribution in [0.1, 0.15) is 25.0 Å². The Morgan fingerprint density at radius 1 is 1.10 bits per heavy atom. The molecule has 0 aliphatic rings. The van der Waals surface area contributed by atoms with Crippen LogP contribution >= 0.6 is 23.1 Å². The smallest absolute Gasteiger partial charge is 0.234 e. The maximum atomic E-state index is 12.5. The lowest BCUT2D eigenvalue weighted by Crippen LogP contribution is -2.16. The van der Waals surface area contributed by atoms with Gasteiger partial charge in [-0.2, -0.15) is 0 Å². The van der Waals surface area contributed by atoms with Crippen molar-refractivity contribution in [3.63, 3.8) is 0 Å². The van der Waals surface area contributed by atoms with Gasteiger partial charge >= 0.3 is 0 Å². The summed E-state index contributed by atoms with van der Waals surface area (Å²) in [4.78, 5) is 12.5. The van der Waals surface area contributed by atoms with E-state index in [1.165, 1.54) is 23.1 Å². The Kier molecular flexibility index (Phi) is 7.48.